The summed E-state index contributed by atoms with van der Waals surface area (Å²) in [6.45, 7) is 2.77. The number of aliphatic carboxylic acids is 1. The summed E-state index contributed by atoms with van der Waals surface area (Å²) in [5.74, 6) is -1.10. The standard InChI is InChI=1S/C13H14INO3/c1-8(13(17)18)9-6-15(7-9)12(16)10-4-2-3-5-11(10)14/h2-5,8-9H,6-7H2,1H3,(H,17,18). The summed E-state index contributed by atoms with van der Waals surface area (Å²) in [4.78, 5) is 24.7. The number of hydrogen-bond donors (Lipinski definition) is 1. The molecule has 0 spiro atoms. The maximum atomic E-state index is 12.2. The Bertz CT molecular complexity index is 483. The molecule has 0 radical (unpaired) electrons. The fourth-order valence-electron chi connectivity index (χ4n) is 2.00. The molecule has 1 saturated heterocycles. The van der Waals surface area contributed by atoms with E-state index in [0.29, 0.717) is 18.7 Å². The Morgan fingerprint density at radius 1 is 1.39 bits per heavy atom. The zero-order valence-corrected chi connectivity index (χ0v) is 12.1. The molecule has 0 aromatic heterocycles. The van der Waals surface area contributed by atoms with Crippen molar-refractivity contribution in [1.29, 1.82) is 0 Å². The minimum atomic E-state index is -0.790. The maximum Gasteiger partial charge on any atom is 0.306 e. The lowest BCUT2D eigenvalue weighted by Gasteiger charge is -2.41. The zero-order valence-electron chi connectivity index (χ0n) is 9.97. The molecule has 1 aromatic rings. The zero-order chi connectivity index (χ0) is 13.3. The summed E-state index contributed by atoms with van der Waals surface area (Å²) in [6.07, 6.45) is 0. The Hall–Kier alpha value is -1.11. The van der Waals surface area contributed by atoms with E-state index in [1.807, 2.05) is 18.2 Å². The molecule has 96 valence electrons. The number of hydrogen-bond acceptors (Lipinski definition) is 2. The highest BCUT2D eigenvalue weighted by Crippen LogP contribution is 2.26. The predicted octanol–water partition coefficient (Wildman–Crippen LogP) is 2.08. The van der Waals surface area contributed by atoms with Crippen molar-refractivity contribution in [3.05, 3.63) is 33.4 Å². The molecule has 1 atom stereocenters. The van der Waals surface area contributed by atoms with Crippen molar-refractivity contribution in [1.82, 2.24) is 4.90 Å². The van der Waals surface area contributed by atoms with Gasteiger partial charge in [0.1, 0.15) is 0 Å². The average molecular weight is 359 g/mol. The highest BCUT2D eigenvalue weighted by Gasteiger charge is 2.37. The summed E-state index contributed by atoms with van der Waals surface area (Å²) < 4.78 is 0.926. The van der Waals surface area contributed by atoms with Gasteiger partial charge in [0, 0.05) is 22.6 Å². The van der Waals surface area contributed by atoms with E-state index >= 15 is 0 Å². The lowest BCUT2D eigenvalue weighted by atomic mass is 9.86. The average Bonchev–Trinajstić information content (AvgIpc) is 2.27. The molecule has 1 unspecified atom stereocenters. The molecule has 1 fully saturated rings. The first-order valence-electron chi connectivity index (χ1n) is 5.77. The molecular weight excluding hydrogens is 345 g/mol. The number of amides is 1. The molecule has 1 aliphatic rings. The summed E-state index contributed by atoms with van der Waals surface area (Å²) in [6, 6.07) is 7.43. The Labute approximate surface area is 119 Å². The summed E-state index contributed by atoms with van der Waals surface area (Å²) in [5, 5.41) is 8.90. The smallest absolute Gasteiger partial charge is 0.306 e. The molecule has 1 aliphatic heterocycles. The van der Waals surface area contributed by atoms with Gasteiger partial charge in [-0.2, -0.15) is 0 Å². The second-order valence-electron chi connectivity index (χ2n) is 4.58. The van der Waals surface area contributed by atoms with E-state index in [4.69, 9.17) is 5.11 Å². The summed E-state index contributed by atoms with van der Waals surface area (Å²) >= 11 is 2.14. The molecule has 5 heteroatoms. The maximum absolute atomic E-state index is 12.2. The topological polar surface area (TPSA) is 57.6 Å². The van der Waals surface area contributed by atoms with Crippen LogP contribution < -0.4 is 0 Å². The minimum Gasteiger partial charge on any atom is -0.481 e. The number of rotatable bonds is 3. The summed E-state index contributed by atoms with van der Waals surface area (Å²) in [7, 11) is 0. The van der Waals surface area contributed by atoms with Crippen LogP contribution >= 0.6 is 22.6 Å². The van der Waals surface area contributed by atoms with Crippen LogP contribution in [0.25, 0.3) is 0 Å². The van der Waals surface area contributed by atoms with Gasteiger partial charge in [0.2, 0.25) is 0 Å². The van der Waals surface area contributed by atoms with Gasteiger partial charge in [-0.05, 0) is 34.7 Å². The normalized spacial score (nSPS) is 17.1. The van der Waals surface area contributed by atoms with Gasteiger partial charge in [0.15, 0.2) is 0 Å². The van der Waals surface area contributed by atoms with E-state index in [9.17, 15) is 9.59 Å². The highest BCUT2D eigenvalue weighted by molar-refractivity contribution is 14.1. The first-order chi connectivity index (χ1) is 8.50. The molecule has 2 rings (SSSR count). The van der Waals surface area contributed by atoms with Crippen molar-refractivity contribution in [2.75, 3.05) is 13.1 Å². The third-order valence-electron chi connectivity index (χ3n) is 3.40. The van der Waals surface area contributed by atoms with Gasteiger partial charge in [-0.1, -0.05) is 19.1 Å². The summed E-state index contributed by atoms with van der Waals surface area (Å²) in [5.41, 5.74) is 0.694. The molecule has 18 heavy (non-hydrogen) atoms. The lowest BCUT2D eigenvalue weighted by Crippen LogP contribution is -2.53. The van der Waals surface area contributed by atoms with Gasteiger partial charge in [-0.15, -0.1) is 0 Å². The first-order valence-corrected chi connectivity index (χ1v) is 6.85. The molecule has 1 heterocycles. The molecule has 0 saturated carbocycles. The van der Waals surface area contributed by atoms with Crippen molar-refractivity contribution < 1.29 is 14.7 Å². The van der Waals surface area contributed by atoms with Crippen LogP contribution in [0.2, 0.25) is 0 Å². The molecular formula is C13H14INO3. The van der Waals surface area contributed by atoms with Crippen LogP contribution in [0.1, 0.15) is 17.3 Å². The molecule has 0 bridgehead atoms. The van der Waals surface area contributed by atoms with Crippen LogP contribution in [0.4, 0.5) is 0 Å². The third kappa shape index (κ3) is 2.50. The number of halogens is 1. The van der Waals surface area contributed by atoms with Crippen LogP contribution in [0.5, 0.6) is 0 Å². The number of carboxylic acids is 1. The van der Waals surface area contributed by atoms with Crippen molar-refractivity contribution in [2.45, 2.75) is 6.92 Å². The van der Waals surface area contributed by atoms with Crippen LogP contribution in [0, 0.1) is 15.4 Å². The first kappa shape index (κ1) is 13.3. The predicted molar refractivity (Wildman–Crippen MR) is 75.4 cm³/mol. The van der Waals surface area contributed by atoms with Crippen molar-refractivity contribution in [2.24, 2.45) is 11.8 Å². The van der Waals surface area contributed by atoms with Crippen molar-refractivity contribution in [3.63, 3.8) is 0 Å². The van der Waals surface area contributed by atoms with Gasteiger partial charge in [0.05, 0.1) is 11.5 Å². The van der Waals surface area contributed by atoms with Crippen LogP contribution in [-0.2, 0) is 4.79 Å². The van der Waals surface area contributed by atoms with E-state index in [0.717, 1.165) is 3.57 Å². The van der Waals surface area contributed by atoms with E-state index in [1.54, 1.807) is 17.9 Å². The number of carboxylic acid groups (broad SMARTS) is 1. The molecule has 0 aliphatic carbocycles. The Kier molecular flexibility index (Phi) is 3.89. The Morgan fingerprint density at radius 2 is 2.00 bits per heavy atom. The largest absolute Gasteiger partial charge is 0.481 e. The molecule has 1 amide bonds. The molecule has 4 nitrogen and oxygen atoms in total. The third-order valence-corrected chi connectivity index (χ3v) is 4.34. The van der Waals surface area contributed by atoms with Gasteiger partial charge in [-0.25, -0.2) is 0 Å². The minimum absolute atomic E-state index is 0.00570. The van der Waals surface area contributed by atoms with E-state index in [-0.39, 0.29) is 17.7 Å². The van der Waals surface area contributed by atoms with Crippen LogP contribution in [0.3, 0.4) is 0 Å². The number of benzene rings is 1. The fraction of sp³-hybridized carbons (Fsp3) is 0.385. The van der Waals surface area contributed by atoms with Gasteiger partial charge >= 0.3 is 5.97 Å². The lowest BCUT2D eigenvalue weighted by molar-refractivity contribution is -0.144. The number of carbonyl (C=O) groups is 2. The number of nitrogens with zero attached hydrogens (tertiary/aromatic N) is 1. The van der Waals surface area contributed by atoms with Gasteiger partial charge < -0.3 is 10.0 Å². The number of likely N-dealkylation sites (tertiary alicyclic amines) is 1. The van der Waals surface area contributed by atoms with Crippen molar-refractivity contribution >= 4 is 34.5 Å². The van der Waals surface area contributed by atoms with Gasteiger partial charge in [0.25, 0.3) is 5.91 Å². The van der Waals surface area contributed by atoms with Crippen LogP contribution in [-0.4, -0.2) is 35.0 Å². The van der Waals surface area contributed by atoms with E-state index in [2.05, 4.69) is 22.6 Å². The second kappa shape index (κ2) is 5.26. The molecule has 1 aromatic carbocycles. The molecule has 1 N–H and O–H groups in total. The van der Waals surface area contributed by atoms with E-state index < -0.39 is 5.97 Å². The quantitative estimate of drug-likeness (QED) is 0.841. The van der Waals surface area contributed by atoms with E-state index in [1.165, 1.54) is 0 Å². The van der Waals surface area contributed by atoms with Crippen LogP contribution in [0.15, 0.2) is 24.3 Å². The second-order valence-corrected chi connectivity index (χ2v) is 5.74. The Morgan fingerprint density at radius 3 is 2.56 bits per heavy atom. The monoisotopic (exact) mass is 359 g/mol. The fourth-order valence-corrected chi connectivity index (χ4v) is 2.62. The van der Waals surface area contributed by atoms with Gasteiger partial charge in [-0.3, -0.25) is 9.59 Å². The number of carbonyl (C=O) groups excluding carboxylic acids is 1. The Balaban J connectivity index is 1.99. The highest BCUT2D eigenvalue weighted by atomic mass is 127. The SMILES string of the molecule is CC(C(=O)O)C1CN(C(=O)c2ccccc2I)C1. The van der Waals surface area contributed by atoms with Crippen molar-refractivity contribution in [3.8, 4) is 0 Å².